The Morgan fingerprint density at radius 1 is 0.633 bits per heavy atom. The number of amides is 2. The Morgan fingerprint density at radius 3 is 2.00 bits per heavy atom. The molecule has 0 aliphatic carbocycles. The average molecular weight is 802 g/mol. The number of ether oxygens (including phenoxy) is 1. The van der Waals surface area contributed by atoms with Crippen LogP contribution in [0.1, 0.15) is 39.1 Å². The van der Waals surface area contributed by atoms with Gasteiger partial charge in [-0.25, -0.2) is 4.79 Å². The number of piperidine rings is 1. The molecule has 0 atom stereocenters. The average Bonchev–Trinajstić information content (AvgIpc) is 3.29. The molecule has 0 radical (unpaired) electrons. The van der Waals surface area contributed by atoms with Crippen molar-refractivity contribution < 1.29 is 24.2 Å². The van der Waals surface area contributed by atoms with Gasteiger partial charge in [-0.15, -0.1) is 0 Å². The first kappa shape index (κ1) is 41.6. The third-order valence-electron chi connectivity index (χ3n) is 10.7. The van der Waals surface area contributed by atoms with E-state index in [9.17, 15) is 19.5 Å². The Bertz CT molecular complexity index is 2350. The molecule has 1 aliphatic heterocycles. The highest BCUT2D eigenvalue weighted by atomic mass is 16.6. The van der Waals surface area contributed by atoms with E-state index in [0.717, 1.165) is 58.6 Å². The third kappa shape index (κ3) is 11.3. The van der Waals surface area contributed by atoms with Gasteiger partial charge in [0.1, 0.15) is 11.9 Å². The zero-order valence-electron chi connectivity index (χ0n) is 33.6. The summed E-state index contributed by atoms with van der Waals surface area (Å²) in [7, 11) is 0. The molecule has 1 saturated heterocycles. The van der Waals surface area contributed by atoms with Crippen molar-refractivity contribution in [3.8, 4) is 39.1 Å². The molecule has 0 saturated carbocycles. The van der Waals surface area contributed by atoms with Crippen molar-refractivity contribution in [3.63, 3.8) is 0 Å². The quantitative estimate of drug-likeness (QED) is 0.0459. The van der Waals surface area contributed by atoms with E-state index in [1.54, 1.807) is 36.4 Å². The summed E-state index contributed by atoms with van der Waals surface area (Å²) in [6.07, 6.45) is 0.740. The summed E-state index contributed by atoms with van der Waals surface area (Å²) in [5, 5.41) is 21.9. The number of nitrogens with zero attached hydrogens (tertiary/aromatic N) is 1. The van der Waals surface area contributed by atoms with E-state index in [2.05, 4.69) is 68.6 Å². The number of phenolic OH excluding ortho intramolecular Hbond substituents is 1. The van der Waals surface area contributed by atoms with E-state index in [1.165, 1.54) is 0 Å². The molecular formula is C50H51N5O5. The number of hydrogen-bond acceptors (Lipinski definition) is 8. The number of anilines is 1. The molecule has 10 heteroatoms. The van der Waals surface area contributed by atoms with Crippen LogP contribution >= 0.6 is 0 Å². The second-order valence-corrected chi connectivity index (χ2v) is 14.9. The third-order valence-corrected chi connectivity index (χ3v) is 10.7. The number of aromatic hydroxyl groups is 1. The summed E-state index contributed by atoms with van der Waals surface area (Å²) < 4.78 is 6.00. The van der Waals surface area contributed by atoms with E-state index in [-0.39, 0.29) is 30.1 Å². The Balaban J connectivity index is 0.858. The van der Waals surface area contributed by atoms with Crippen LogP contribution in [0.5, 0.6) is 5.75 Å². The van der Waals surface area contributed by atoms with Gasteiger partial charge in [0.15, 0.2) is 5.78 Å². The fourth-order valence-electron chi connectivity index (χ4n) is 7.51. The number of ketones is 1. The molecule has 0 spiro atoms. The molecule has 2 amide bonds. The summed E-state index contributed by atoms with van der Waals surface area (Å²) in [5.74, 6) is -0.0934. The van der Waals surface area contributed by atoms with Gasteiger partial charge in [0.25, 0.3) is 5.91 Å². The number of hydrogen-bond donors (Lipinski definition) is 5. The zero-order chi connectivity index (χ0) is 41.5. The first-order chi connectivity index (χ1) is 29.4. The van der Waals surface area contributed by atoms with Crippen LogP contribution in [0.15, 0.2) is 152 Å². The van der Waals surface area contributed by atoms with Gasteiger partial charge in [0.2, 0.25) is 0 Å². The number of carbonyl (C=O) groups is 3. The van der Waals surface area contributed by atoms with Crippen molar-refractivity contribution in [2.24, 2.45) is 0 Å². The predicted molar refractivity (Wildman–Crippen MR) is 238 cm³/mol. The van der Waals surface area contributed by atoms with Crippen molar-refractivity contribution in [1.82, 2.24) is 20.9 Å². The summed E-state index contributed by atoms with van der Waals surface area (Å²) in [5.41, 5.74) is 8.82. The number of Topliss-reactive ketones (excluding diaryl/α,β-unsaturated/α-hetero) is 1. The van der Waals surface area contributed by atoms with E-state index in [4.69, 9.17) is 4.74 Å². The summed E-state index contributed by atoms with van der Waals surface area (Å²) >= 11 is 0. The normalized spacial score (nSPS) is 13.1. The van der Waals surface area contributed by atoms with Crippen LogP contribution in [0.4, 0.5) is 10.5 Å². The lowest BCUT2D eigenvalue weighted by Crippen LogP contribution is -2.42. The number of likely N-dealkylation sites (tertiary alicyclic amines) is 1. The highest BCUT2D eigenvalue weighted by molar-refractivity contribution is 6.02. The predicted octanol–water partition coefficient (Wildman–Crippen LogP) is 8.40. The second kappa shape index (κ2) is 20.9. The van der Waals surface area contributed by atoms with Crippen molar-refractivity contribution in [2.45, 2.75) is 25.5 Å². The number of carbonyl (C=O) groups excluding carboxylic acids is 3. The lowest BCUT2D eigenvalue weighted by atomic mass is 9.88. The highest BCUT2D eigenvalue weighted by Crippen LogP contribution is 2.42. The Kier molecular flexibility index (Phi) is 14.5. The van der Waals surface area contributed by atoms with Crippen molar-refractivity contribution in [3.05, 3.63) is 168 Å². The molecule has 5 N–H and O–H groups in total. The van der Waals surface area contributed by atoms with Gasteiger partial charge in [-0.1, -0.05) is 121 Å². The molecule has 7 rings (SSSR count). The maximum Gasteiger partial charge on any atom is 0.411 e. The molecule has 0 bridgehead atoms. The number of phenols is 1. The largest absolute Gasteiger partial charge is 0.508 e. The maximum absolute atomic E-state index is 13.5. The van der Waals surface area contributed by atoms with Gasteiger partial charge in [0, 0.05) is 62.5 Å². The number of benzene rings is 6. The summed E-state index contributed by atoms with van der Waals surface area (Å²) in [6, 6.07) is 48.5. The van der Waals surface area contributed by atoms with Gasteiger partial charge in [-0.3, -0.25) is 14.9 Å². The van der Waals surface area contributed by atoms with Crippen molar-refractivity contribution in [1.29, 1.82) is 0 Å². The van der Waals surface area contributed by atoms with E-state index < -0.39 is 6.09 Å². The molecule has 10 nitrogen and oxygen atoms in total. The minimum Gasteiger partial charge on any atom is -0.508 e. The van der Waals surface area contributed by atoms with Gasteiger partial charge < -0.3 is 30.7 Å². The van der Waals surface area contributed by atoms with Gasteiger partial charge in [-0.2, -0.15) is 0 Å². The number of nitrogens with one attached hydrogen (secondary N) is 4. The fraction of sp³-hybridized carbons (Fsp3) is 0.220. The zero-order valence-corrected chi connectivity index (χ0v) is 33.6. The van der Waals surface area contributed by atoms with Crippen LogP contribution in [0, 0.1) is 0 Å². The summed E-state index contributed by atoms with van der Waals surface area (Å²) in [6.45, 7) is 4.72. The van der Waals surface area contributed by atoms with Gasteiger partial charge in [-0.05, 0) is 76.6 Å². The molecule has 60 heavy (non-hydrogen) atoms. The van der Waals surface area contributed by atoms with Crippen LogP contribution in [0.2, 0.25) is 0 Å². The Hall–Kier alpha value is -6.59. The van der Waals surface area contributed by atoms with Crippen LogP contribution < -0.4 is 21.3 Å². The Labute approximate surface area is 351 Å². The van der Waals surface area contributed by atoms with Crippen LogP contribution in [-0.2, 0) is 11.3 Å². The minimum atomic E-state index is -0.474. The Morgan fingerprint density at radius 2 is 1.27 bits per heavy atom. The fourth-order valence-corrected chi connectivity index (χ4v) is 7.51. The summed E-state index contributed by atoms with van der Waals surface area (Å²) in [4.78, 5) is 41.5. The molecular weight excluding hydrogens is 751 g/mol. The van der Waals surface area contributed by atoms with Crippen LogP contribution in [0.3, 0.4) is 0 Å². The molecule has 0 aromatic heterocycles. The standard InChI is InChI=1S/C50H51N5O5/c56-41-23-21-36(22-24-41)34-51-27-28-53-49(58)40-16-9-15-39(33-40)47(57)35-52-29-32-55-30-25-42(26-31-55)60-50(59)54-46-20-10-19-44(38-13-5-2-6-14-38)48(46)45-18-8-7-17-43(45)37-11-3-1-4-12-37/h1-24,33,42,51-52,56H,25-32,34-35H2,(H,53,58)(H,54,59). The molecule has 6 aromatic rings. The minimum absolute atomic E-state index is 0.0839. The lowest BCUT2D eigenvalue weighted by Gasteiger charge is -2.31. The molecule has 1 fully saturated rings. The van der Waals surface area contributed by atoms with Gasteiger partial charge >= 0.3 is 6.09 Å². The first-order valence-corrected chi connectivity index (χ1v) is 20.6. The smallest absolute Gasteiger partial charge is 0.411 e. The van der Waals surface area contributed by atoms with Gasteiger partial charge in [0.05, 0.1) is 12.2 Å². The topological polar surface area (TPSA) is 132 Å². The van der Waals surface area contributed by atoms with Crippen LogP contribution in [-0.4, -0.2) is 79.7 Å². The molecule has 0 unspecified atom stereocenters. The van der Waals surface area contributed by atoms with Crippen molar-refractivity contribution >= 4 is 23.5 Å². The second-order valence-electron chi connectivity index (χ2n) is 14.9. The maximum atomic E-state index is 13.5. The lowest BCUT2D eigenvalue weighted by molar-refractivity contribution is 0.0593. The van der Waals surface area contributed by atoms with Crippen molar-refractivity contribution in [2.75, 3.05) is 51.1 Å². The molecule has 1 heterocycles. The molecule has 306 valence electrons. The monoisotopic (exact) mass is 801 g/mol. The molecule has 1 aliphatic rings. The highest BCUT2D eigenvalue weighted by Gasteiger charge is 2.24. The first-order valence-electron chi connectivity index (χ1n) is 20.6. The van der Waals surface area contributed by atoms with E-state index in [1.807, 2.05) is 72.8 Å². The number of rotatable bonds is 17. The van der Waals surface area contributed by atoms with Crippen LogP contribution in [0.25, 0.3) is 33.4 Å². The SMILES string of the molecule is O=C(Nc1cccc(-c2ccccc2)c1-c1ccccc1-c1ccccc1)OC1CCN(CCNCC(=O)c2cccc(C(=O)NCCNCc3ccc(O)cc3)c2)CC1. The van der Waals surface area contributed by atoms with E-state index in [0.29, 0.717) is 55.8 Å². The van der Waals surface area contributed by atoms with E-state index >= 15 is 0 Å². The molecule has 6 aromatic carbocycles.